The van der Waals surface area contributed by atoms with Crippen molar-refractivity contribution in [2.75, 3.05) is 6.61 Å². The average Bonchev–Trinajstić information content (AvgIpc) is 3.22. The van der Waals surface area contributed by atoms with Crippen molar-refractivity contribution in [1.82, 2.24) is 5.32 Å². The van der Waals surface area contributed by atoms with E-state index in [0.717, 1.165) is 64.2 Å². The van der Waals surface area contributed by atoms with Gasteiger partial charge in [-0.05, 0) is 57.8 Å². The molecule has 4 heteroatoms. The second-order valence-electron chi connectivity index (χ2n) is 16.9. The molecule has 4 nitrogen and oxygen atoms in total. The molecule has 0 aliphatic carbocycles. The maximum Gasteiger partial charge on any atom is 0.220 e. The van der Waals surface area contributed by atoms with Gasteiger partial charge in [-0.25, -0.2) is 0 Å². The average molecular weight is 796 g/mol. The third-order valence-electron chi connectivity index (χ3n) is 11.3. The van der Waals surface area contributed by atoms with Crippen molar-refractivity contribution in [3.63, 3.8) is 0 Å². The van der Waals surface area contributed by atoms with Crippen LogP contribution in [0, 0.1) is 0 Å². The zero-order valence-corrected chi connectivity index (χ0v) is 38.1. The Hall–Kier alpha value is -1.91. The number of aliphatic hydroxyl groups is 2. The summed E-state index contributed by atoms with van der Waals surface area (Å²) in [6, 6.07) is -0.633. The largest absolute Gasteiger partial charge is 0.394 e. The predicted octanol–water partition coefficient (Wildman–Crippen LogP) is 16.1. The van der Waals surface area contributed by atoms with Gasteiger partial charge in [-0.2, -0.15) is 0 Å². The van der Waals surface area contributed by atoms with Gasteiger partial charge in [0.25, 0.3) is 0 Å². The Morgan fingerprint density at radius 1 is 0.439 bits per heavy atom. The minimum atomic E-state index is -0.849. The lowest BCUT2D eigenvalue weighted by molar-refractivity contribution is -0.123. The molecule has 0 aromatic carbocycles. The molecule has 0 fully saturated rings. The molecule has 0 heterocycles. The van der Waals surface area contributed by atoms with Gasteiger partial charge in [0.05, 0.1) is 18.8 Å². The van der Waals surface area contributed by atoms with E-state index in [4.69, 9.17) is 0 Å². The molecule has 57 heavy (non-hydrogen) atoms. The molecule has 0 rings (SSSR count). The summed E-state index contributed by atoms with van der Waals surface area (Å²) in [5, 5.41) is 23.1. The van der Waals surface area contributed by atoms with Gasteiger partial charge < -0.3 is 15.5 Å². The fourth-order valence-corrected chi connectivity index (χ4v) is 7.46. The number of aliphatic hydroxyl groups excluding tert-OH is 2. The molecule has 1 amide bonds. The van der Waals surface area contributed by atoms with E-state index >= 15 is 0 Å². The number of unbranched alkanes of at least 4 members (excludes halogenated alkanes) is 30. The highest BCUT2D eigenvalue weighted by molar-refractivity contribution is 5.76. The minimum Gasteiger partial charge on any atom is -0.394 e. The number of carbonyl (C=O) groups excluding carboxylic acids is 1. The van der Waals surface area contributed by atoms with Crippen molar-refractivity contribution in [3.05, 3.63) is 60.8 Å². The first-order chi connectivity index (χ1) is 28.2. The van der Waals surface area contributed by atoms with E-state index in [-0.39, 0.29) is 12.5 Å². The van der Waals surface area contributed by atoms with Gasteiger partial charge in [0, 0.05) is 6.42 Å². The highest BCUT2D eigenvalue weighted by atomic mass is 16.3. The van der Waals surface area contributed by atoms with Crippen molar-refractivity contribution >= 4 is 5.91 Å². The van der Waals surface area contributed by atoms with E-state index in [9.17, 15) is 15.0 Å². The summed E-state index contributed by atoms with van der Waals surface area (Å²) in [5.41, 5.74) is 0. The van der Waals surface area contributed by atoms with E-state index in [0.29, 0.717) is 6.42 Å². The van der Waals surface area contributed by atoms with Crippen molar-refractivity contribution in [2.24, 2.45) is 0 Å². The van der Waals surface area contributed by atoms with E-state index < -0.39 is 12.1 Å². The van der Waals surface area contributed by atoms with Crippen LogP contribution in [0.3, 0.4) is 0 Å². The summed E-state index contributed by atoms with van der Waals surface area (Å²) in [6.07, 6.45) is 67.8. The Balaban J connectivity index is 3.55. The van der Waals surface area contributed by atoms with Gasteiger partial charge in [0.2, 0.25) is 5.91 Å². The molecule has 0 radical (unpaired) electrons. The highest BCUT2D eigenvalue weighted by Crippen LogP contribution is 2.16. The van der Waals surface area contributed by atoms with Gasteiger partial charge in [-0.3, -0.25) is 4.79 Å². The van der Waals surface area contributed by atoms with Gasteiger partial charge in [0.15, 0.2) is 0 Å². The summed E-state index contributed by atoms with van der Waals surface area (Å²) in [7, 11) is 0. The molecule has 2 atom stereocenters. The first kappa shape index (κ1) is 55.1. The number of hydrogen-bond acceptors (Lipinski definition) is 3. The monoisotopic (exact) mass is 796 g/mol. The Morgan fingerprint density at radius 3 is 1.16 bits per heavy atom. The van der Waals surface area contributed by atoms with Crippen LogP contribution in [-0.2, 0) is 4.79 Å². The number of hydrogen-bond donors (Lipinski definition) is 3. The van der Waals surface area contributed by atoms with Crippen molar-refractivity contribution < 1.29 is 15.0 Å². The molecule has 332 valence electrons. The van der Waals surface area contributed by atoms with Crippen molar-refractivity contribution in [2.45, 2.75) is 264 Å². The van der Waals surface area contributed by atoms with Gasteiger partial charge in [-0.15, -0.1) is 0 Å². The van der Waals surface area contributed by atoms with Gasteiger partial charge in [-0.1, -0.05) is 248 Å². The Morgan fingerprint density at radius 2 is 0.772 bits per heavy atom. The second-order valence-corrected chi connectivity index (χ2v) is 16.9. The third-order valence-corrected chi connectivity index (χ3v) is 11.3. The summed E-state index contributed by atoms with van der Waals surface area (Å²) < 4.78 is 0. The molecule has 0 spiro atoms. The number of amides is 1. The van der Waals surface area contributed by atoms with Crippen LogP contribution in [0.25, 0.3) is 0 Å². The summed E-state index contributed by atoms with van der Waals surface area (Å²) in [6.45, 7) is 4.20. The summed E-state index contributed by atoms with van der Waals surface area (Å²) in [5.74, 6) is -0.0779. The van der Waals surface area contributed by atoms with Gasteiger partial charge in [0.1, 0.15) is 0 Å². The Kier molecular flexibility index (Phi) is 46.8. The van der Waals surface area contributed by atoms with E-state index in [1.165, 1.54) is 167 Å². The molecular weight excluding hydrogens is 699 g/mol. The smallest absolute Gasteiger partial charge is 0.220 e. The Bertz CT molecular complexity index is 950. The lowest BCUT2D eigenvalue weighted by Gasteiger charge is -2.20. The van der Waals surface area contributed by atoms with E-state index in [1.807, 2.05) is 6.08 Å². The van der Waals surface area contributed by atoms with Gasteiger partial charge >= 0.3 is 0 Å². The first-order valence-corrected chi connectivity index (χ1v) is 25.0. The fraction of sp³-hybridized carbons (Fsp3) is 0.792. The van der Waals surface area contributed by atoms with Crippen LogP contribution in [0.5, 0.6) is 0 Å². The lowest BCUT2D eigenvalue weighted by Crippen LogP contribution is -2.45. The maximum atomic E-state index is 12.4. The van der Waals surface area contributed by atoms with E-state index in [1.54, 1.807) is 6.08 Å². The van der Waals surface area contributed by atoms with Crippen LogP contribution in [0.15, 0.2) is 60.8 Å². The quantitative estimate of drug-likeness (QED) is 0.0425. The molecule has 3 N–H and O–H groups in total. The van der Waals surface area contributed by atoms with Crippen LogP contribution in [0.2, 0.25) is 0 Å². The molecular formula is C53H97NO3. The number of nitrogens with one attached hydrogen (secondary N) is 1. The second kappa shape index (κ2) is 48.5. The van der Waals surface area contributed by atoms with Crippen LogP contribution < -0.4 is 5.32 Å². The number of rotatable bonds is 45. The van der Waals surface area contributed by atoms with Crippen LogP contribution >= 0.6 is 0 Å². The topological polar surface area (TPSA) is 69.6 Å². The maximum absolute atomic E-state index is 12.4. The molecule has 0 saturated heterocycles. The summed E-state index contributed by atoms with van der Waals surface area (Å²) in [4.78, 5) is 12.4. The first-order valence-electron chi connectivity index (χ1n) is 25.0. The molecule has 0 saturated carbocycles. The molecule has 0 aliphatic heterocycles. The predicted molar refractivity (Wildman–Crippen MR) is 253 cm³/mol. The Labute approximate surface area is 356 Å². The van der Waals surface area contributed by atoms with Crippen LogP contribution in [0.4, 0.5) is 0 Å². The standard InChI is InChI=1S/C53H97NO3/c1-3-5-7-9-11-13-15-17-19-21-23-24-25-26-27-28-29-31-32-34-36-38-40-42-44-46-48-52(56)51(50-55)54-53(57)49-47-45-43-41-39-37-35-33-30-22-20-18-16-14-12-10-8-6-4-2/h6,8,12,14,18,20,30,33,46,48,51-52,55-56H,3-5,7,9-11,13,15-17,19,21-29,31-32,34-45,47,49-50H2,1-2H3,(H,54,57)/b8-6-,14-12-,20-18-,33-30-,48-46+. The summed E-state index contributed by atoms with van der Waals surface area (Å²) >= 11 is 0. The van der Waals surface area contributed by atoms with Crippen LogP contribution in [0.1, 0.15) is 251 Å². The highest BCUT2D eigenvalue weighted by Gasteiger charge is 2.18. The number of carbonyl (C=O) groups is 1. The SMILES string of the molecule is CC/C=C\C/C=C\C/C=C\C/C=C\CCCCCCCCC(=O)NC(CO)C(O)/C=C/CCCCCCCCCCCCCCCCCCCCCCCCCC. The van der Waals surface area contributed by atoms with Crippen molar-refractivity contribution in [1.29, 1.82) is 0 Å². The molecule has 0 bridgehead atoms. The lowest BCUT2D eigenvalue weighted by atomic mass is 10.0. The number of allylic oxidation sites excluding steroid dienone is 9. The zero-order chi connectivity index (χ0) is 41.4. The van der Waals surface area contributed by atoms with Crippen molar-refractivity contribution in [3.8, 4) is 0 Å². The third kappa shape index (κ3) is 45.0. The normalized spacial score (nSPS) is 13.4. The molecule has 0 aromatic heterocycles. The van der Waals surface area contributed by atoms with E-state index in [2.05, 4.69) is 67.8 Å². The molecule has 2 unspecified atom stereocenters. The van der Waals surface area contributed by atoms with Crippen LogP contribution in [-0.4, -0.2) is 34.9 Å². The fourth-order valence-electron chi connectivity index (χ4n) is 7.46. The molecule has 0 aliphatic rings. The zero-order valence-electron chi connectivity index (χ0n) is 38.1. The minimum absolute atomic E-state index is 0.0779. The molecule has 0 aromatic rings.